The molecule has 0 bridgehead atoms. The van der Waals surface area contributed by atoms with E-state index in [0.29, 0.717) is 17.1 Å². The molecule has 2 rings (SSSR count). The first kappa shape index (κ1) is 12.7. The SMILES string of the molecule is CCCNc1nc(SCC)nc(-n2cncn2)n1. The summed E-state index contributed by atoms with van der Waals surface area (Å²) in [4.78, 5) is 16.9. The van der Waals surface area contributed by atoms with Crippen molar-refractivity contribution in [2.45, 2.75) is 25.4 Å². The third-order valence-corrected chi connectivity index (χ3v) is 2.76. The first-order valence-electron chi connectivity index (χ1n) is 5.81. The van der Waals surface area contributed by atoms with Gasteiger partial charge in [0.2, 0.25) is 5.95 Å². The summed E-state index contributed by atoms with van der Waals surface area (Å²) in [5, 5.41) is 7.87. The maximum atomic E-state index is 4.34. The smallest absolute Gasteiger partial charge is 0.257 e. The quantitative estimate of drug-likeness (QED) is 0.790. The summed E-state index contributed by atoms with van der Waals surface area (Å²) in [6, 6.07) is 0. The molecule has 2 aromatic rings. The zero-order valence-electron chi connectivity index (χ0n) is 10.4. The van der Waals surface area contributed by atoms with Gasteiger partial charge in [-0.25, -0.2) is 4.98 Å². The van der Waals surface area contributed by atoms with E-state index in [9.17, 15) is 0 Å². The topological polar surface area (TPSA) is 81.4 Å². The second-order valence-electron chi connectivity index (χ2n) is 3.44. The van der Waals surface area contributed by atoms with Crippen LogP contribution in [0.2, 0.25) is 0 Å². The number of hydrogen-bond donors (Lipinski definition) is 1. The first-order chi connectivity index (χ1) is 8.83. The van der Waals surface area contributed by atoms with Crippen LogP contribution in [-0.4, -0.2) is 42.0 Å². The van der Waals surface area contributed by atoms with E-state index in [1.807, 2.05) is 0 Å². The molecule has 0 radical (unpaired) electrons. The van der Waals surface area contributed by atoms with Crippen molar-refractivity contribution in [2.75, 3.05) is 17.6 Å². The van der Waals surface area contributed by atoms with Gasteiger partial charge < -0.3 is 5.32 Å². The molecule has 8 heteroatoms. The van der Waals surface area contributed by atoms with E-state index < -0.39 is 0 Å². The Labute approximate surface area is 109 Å². The number of hydrogen-bond acceptors (Lipinski definition) is 7. The molecular weight excluding hydrogens is 250 g/mol. The Kier molecular flexibility index (Phi) is 4.46. The summed E-state index contributed by atoms with van der Waals surface area (Å²) < 4.78 is 1.53. The normalized spacial score (nSPS) is 10.6. The molecule has 0 amide bonds. The Morgan fingerprint density at radius 1 is 1.28 bits per heavy atom. The monoisotopic (exact) mass is 265 g/mol. The maximum Gasteiger partial charge on any atom is 0.257 e. The fraction of sp³-hybridized carbons (Fsp3) is 0.500. The van der Waals surface area contributed by atoms with Crippen molar-refractivity contribution < 1.29 is 0 Å². The third kappa shape index (κ3) is 3.16. The number of rotatable bonds is 6. The Hall–Kier alpha value is -1.70. The van der Waals surface area contributed by atoms with E-state index >= 15 is 0 Å². The van der Waals surface area contributed by atoms with E-state index in [1.54, 1.807) is 18.1 Å². The number of nitrogens with zero attached hydrogens (tertiary/aromatic N) is 6. The Morgan fingerprint density at radius 2 is 2.17 bits per heavy atom. The van der Waals surface area contributed by atoms with Gasteiger partial charge in [0.1, 0.15) is 12.7 Å². The lowest BCUT2D eigenvalue weighted by Gasteiger charge is -2.06. The van der Waals surface area contributed by atoms with Gasteiger partial charge in [-0.15, -0.1) is 0 Å². The minimum atomic E-state index is 0.483. The van der Waals surface area contributed by atoms with E-state index in [2.05, 4.69) is 44.2 Å². The third-order valence-electron chi connectivity index (χ3n) is 2.03. The van der Waals surface area contributed by atoms with E-state index in [4.69, 9.17) is 0 Å². The van der Waals surface area contributed by atoms with Crippen LogP contribution < -0.4 is 5.32 Å². The zero-order chi connectivity index (χ0) is 12.8. The maximum absolute atomic E-state index is 4.34. The molecule has 0 fully saturated rings. The van der Waals surface area contributed by atoms with Gasteiger partial charge in [-0.05, 0) is 12.2 Å². The molecule has 0 unspecified atom stereocenters. The number of anilines is 1. The summed E-state index contributed by atoms with van der Waals surface area (Å²) in [6.45, 7) is 4.98. The molecule has 18 heavy (non-hydrogen) atoms. The highest BCUT2D eigenvalue weighted by Gasteiger charge is 2.08. The highest BCUT2D eigenvalue weighted by Crippen LogP contribution is 2.15. The predicted molar refractivity (Wildman–Crippen MR) is 69.9 cm³/mol. The van der Waals surface area contributed by atoms with Crippen LogP contribution in [0.3, 0.4) is 0 Å². The molecule has 7 nitrogen and oxygen atoms in total. The van der Waals surface area contributed by atoms with Crippen LogP contribution in [0, 0.1) is 0 Å². The van der Waals surface area contributed by atoms with Gasteiger partial charge in [0.05, 0.1) is 0 Å². The van der Waals surface area contributed by atoms with E-state index in [0.717, 1.165) is 18.7 Å². The average molecular weight is 265 g/mol. The lowest BCUT2D eigenvalue weighted by molar-refractivity contribution is 0.757. The Bertz CT molecular complexity index is 485. The van der Waals surface area contributed by atoms with Gasteiger partial charge in [-0.3, -0.25) is 0 Å². The highest BCUT2D eigenvalue weighted by atomic mass is 32.2. The minimum Gasteiger partial charge on any atom is -0.354 e. The molecule has 0 saturated carbocycles. The number of thioether (sulfide) groups is 1. The molecular formula is C10H15N7S. The minimum absolute atomic E-state index is 0.483. The second kappa shape index (κ2) is 6.29. The molecule has 1 N–H and O–H groups in total. The van der Waals surface area contributed by atoms with Crippen molar-refractivity contribution in [1.82, 2.24) is 29.7 Å². The molecule has 0 aliphatic heterocycles. The van der Waals surface area contributed by atoms with Gasteiger partial charge in [0, 0.05) is 6.54 Å². The first-order valence-corrected chi connectivity index (χ1v) is 6.79. The fourth-order valence-electron chi connectivity index (χ4n) is 1.27. The lowest BCUT2D eigenvalue weighted by atomic mass is 10.5. The van der Waals surface area contributed by atoms with Crippen molar-refractivity contribution >= 4 is 17.7 Å². The van der Waals surface area contributed by atoms with Gasteiger partial charge >= 0.3 is 0 Å². The van der Waals surface area contributed by atoms with Crippen LogP contribution in [0.4, 0.5) is 5.95 Å². The molecule has 96 valence electrons. The van der Waals surface area contributed by atoms with Gasteiger partial charge in [0.25, 0.3) is 5.95 Å². The molecule has 0 atom stereocenters. The van der Waals surface area contributed by atoms with Crippen molar-refractivity contribution in [3.05, 3.63) is 12.7 Å². The molecule has 2 heterocycles. The summed E-state index contributed by atoms with van der Waals surface area (Å²) in [6.07, 6.45) is 4.04. The van der Waals surface area contributed by atoms with Crippen LogP contribution in [-0.2, 0) is 0 Å². The van der Waals surface area contributed by atoms with Crippen LogP contribution in [0.15, 0.2) is 17.8 Å². The zero-order valence-corrected chi connectivity index (χ0v) is 11.2. The van der Waals surface area contributed by atoms with Crippen LogP contribution >= 0.6 is 11.8 Å². The molecule has 0 aliphatic rings. The summed E-state index contributed by atoms with van der Waals surface area (Å²) in [5.74, 6) is 1.97. The fourth-order valence-corrected chi connectivity index (χ4v) is 1.82. The van der Waals surface area contributed by atoms with Crippen LogP contribution in [0.5, 0.6) is 0 Å². The largest absolute Gasteiger partial charge is 0.354 e. The molecule has 0 spiro atoms. The van der Waals surface area contributed by atoms with Crippen molar-refractivity contribution in [3.63, 3.8) is 0 Å². The number of nitrogens with one attached hydrogen (secondary N) is 1. The standard InChI is InChI=1S/C10H15N7S/c1-3-5-12-8-14-9(17-7-11-6-13-17)16-10(15-8)18-4-2/h6-7H,3-5H2,1-2H3,(H,12,14,15,16). The molecule has 0 aliphatic carbocycles. The molecule has 0 aromatic carbocycles. The lowest BCUT2D eigenvalue weighted by Crippen LogP contribution is -2.10. The average Bonchev–Trinajstić information content (AvgIpc) is 2.90. The van der Waals surface area contributed by atoms with E-state index in [1.165, 1.54) is 11.0 Å². The van der Waals surface area contributed by atoms with Crippen molar-refractivity contribution in [3.8, 4) is 5.95 Å². The second-order valence-corrected chi connectivity index (χ2v) is 4.67. The molecule has 2 aromatic heterocycles. The molecule has 0 saturated heterocycles. The van der Waals surface area contributed by atoms with Gasteiger partial charge in [-0.1, -0.05) is 25.6 Å². The number of aromatic nitrogens is 6. The summed E-state index contributed by atoms with van der Waals surface area (Å²) >= 11 is 1.57. The summed E-state index contributed by atoms with van der Waals surface area (Å²) in [5.41, 5.74) is 0. The van der Waals surface area contributed by atoms with Gasteiger partial charge in [-0.2, -0.15) is 24.7 Å². The Morgan fingerprint density at radius 3 is 2.83 bits per heavy atom. The highest BCUT2D eigenvalue weighted by molar-refractivity contribution is 7.99. The van der Waals surface area contributed by atoms with Crippen LogP contribution in [0.25, 0.3) is 5.95 Å². The predicted octanol–water partition coefficient (Wildman–Crippen LogP) is 1.39. The van der Waals surface area contributed by atoms with Crippen molar-refractivity contribution in [1.29, 1.82) is 0 Å². The Balaban J connectivity index is 2.30. The van der Waals surface area contributed by atoms with Crippen molar-refractivity contribution in [2.24, 2.45) is 0 Å². The van der Waals surface area contributed by atoms with E-state index in [-0.39, 0.29) is 0 Å². The summed E-state index contributed by atoms with van der Waals surface area (Å²) in [7, 11) is 0. The van der Waals surface area contributed by atoms with Gasteiger partial charge in [0.15, 0.2) is 5.16 Å². The van der Waals surface area contributed by atoms with Crippen LogP contribution in [0.1, 0.15) is 20.3 Å².